The van der Waals surface area contributed by atoms with Crippen LogP contribution in [0.15, 0.2) is 70.8 Å². The van der Waals surface area contributed by atoms with Gasteiger partial charge in [-0.05, 0) is 42.5 Å². The fourth-order valence-electron chi connectivity index (χ4n) is 4.32. The van der Waals surface area contributed by atoms with Crippen molar-refractivity contribution >= 4 is 28.1 Å². The van der Waals surface area contributed by atoms with Crippen LogP contribution in [0, 0.1) is 0 Å². The molecule has 7 heteroatoms. The number of aromatic nitrogens is 2. The van der Waals surface area contributed by atoms with Crippen molar-refractivity contribution in [2.24, 2.45) is 0 Å². The molecule has 6 nitrogen and oxygen atoms in total. The fourth-order valence-corrected chi connectivity index (χ4v) is 5.04. The number of methoxy groups -OCH3 is 1. The van der Waals surface area contributed by atoms with Gasteiger partial charge in [0.15, 0.2) is 0 Å². The van der Waals surface area contributed by atoms with Crippen LogP contribution in [-0.2, 0) is 24.3 Å². The average Bonchev–Trinajstić information content (AvgIpc) is 3.56. The Labute approximate surface area is 202 Å². The van der Waals surface area contributed by atoms with Crippen molar-refractivity contribution in [3.05, 3.63) is 92.7 Å². The number of thiophene rings is 1. The van der Waals surface area contributed by atoms with Crippen LogP contribution in [0.4, 0.5) is 0 Å². The van der Waals surface area contributed by atoms with Crippen LogP contribution in [0.3, 0.4) is 0 Å². The fraction of sp³-hybridized carbons (Fsp3) is 0.296. The molecule has 1 saturated carbocycles. The number of fused-ring (bicyclic) bond motifs is 1. The molecule has 0 saturated heterocycles. The van der Waals surface area contributed by atoms with E-state index in [9.17, 15) is 9.59 Å². The standard InChI is InChI=1S/C27H27N3O3S/c1-33-24-11-5-2-7-19(24)17-29(18-21-8-6-16-34-21)26(31)15-14-25-28-23-10-4-3-9-22(23)27(32)30(25)20-12-13-20/h2-11,16,20H,12-15,17-18H2,1H3. The van der Waals surface area contributed by atoms with E-state index in [0.29, 0.717) is 36.2 Å². The van der Waals surface area contributed by atoms with Crippen molar-refractivity contribution in [2.45, 2.75) is 44.8 Å². The maximum Gasteiger partial charge on any atom is 0.261 e. The molecule has 1 aliphatic rings. The Bertz CT molecular complexity index is 1360. The van der Waals surface area contributed by atoms with E-state index >= 15 is 0 Å². The second kappa shape index (κ2) is 9.81. The lowest BCUT2D eigenvalue weighted by atomic mass is 10.1. The van der Waals surface area contributed by atoms with E-state index in [0.717, 1.165) is 29.0 Å². The molecule has 0 bridgehead atoms. The predicted molar refractivity (Wildman–Crippen MR) is 134 cm³/mol. The summed E-state index contributed by atoms with van der Waals surface area (Å²) in [6.45, 7) is 0.996. The molecule has 4 aromatic rings. The highest BCUT2D eigenvalue weighted by molar-refractivity contribution is 7.09. The number of hydrogen-bond acceptors (Lipinski definition) is 5. The summed E-state index contributed by atoms with van der Waals surface area (Å²) < 4.78 is 7.33. The molecule has 1 amide bonds. The van der Waals surface area contributed by atoms with Crippen LogP contribution in [0.2, 0.25) is 0 Å². The molecule has 0 N–H and O–H groups in total. The Kier molecular flexibility index (Phi) is 6.45. The minimum absolute atomic E-state index is 0.0000116. The largest absolute Gasteiger partial charge is 0.496 e. The van der Waals surface area contributed by atoms with Crippen LogP contribution < -0.4 is 10.3 Å². The van der Waals surface area contributed by atoms with Crippen LogP contribution in [0.1, 0.15) is 41.6 Å². The number of hydrogen-bond donors (Lipinski definition) is 0. The van der Waals surface area contributed by atoms with Gasteiger partial charge in [-0.15, -0.1) is 11.3 Å². The summed E-state index contributed by atoms with van der Waals surface area (Å²) in [5.41, 5.74) is 1.66. The maximum atomic E-state index is 13.5. The number of benzene rings is 2. The van der Waals surface area contributed by atoms with Gasteiger partial charge in [0.05, 0.1) is 24.6 Å². The van der Waals surface area contributed by atoms with Crippen molar-refractivity contribution in [1.82, 2.24) is 14.5 Å². The van der Waals surface area contributed by atoms with Crippen LogP contribution in [0.5, 0.6) is 5.75 Å². The summed E-state index contributed by atoms with van der Waals surface area (Å²) in [6, 6.07) is 19.5. The number of rotatable bonds is 9. The molecule has 0 aliphatic heterocycles. The van der Waals surface area contributed by atoms with E-state index in [-0.39, 0.29) is 23.9 Å². The Morgan fingerprint density at radius 1 is 1.09 bits per heavy atom. The second-order valence-electron chi connectivity index (χ2n) is 8.59. The van der Waals surface area contributed by atoms with Gasteiger partial charge in [0.1, 0.15) is 11.6 Å². The molecule has 0 radical (unpaired) electrons. The molecule has 5 rings (SSSR count). The van der Waals surface area contributed by atoms with Crippen molar-refractivity contribution in [3.63, 3.8) is 0 Å². The van der Waals surface area contributed by atoms with Gasteiger partial charge in [-0.25, -0.2) is 4.98 Å². The molecular weight excluding hydrogens is 446 g/mol. The second-order valence-corrected chi connectivity index (χ2v) is 9.62. The molecule has 2 aromatic heterocycles. The zero-order chi connectivity index (χ0) is 23.5. The molecular formula is C27H27N3O3S. The van der Waals surface area contributed by atoms with Gasteiger partial charge in [-0.1, -0.05) is 36.4 Å². The van der Waals surface area contributed by atoms with E-state index in [1.165, 1.54) is 0 Å². The molecule has 0 unspecified atom stereocenters. The SMILES string of the molecule is COc1ccccc1CN(Cc1cccs1)C(=O)CCc1nc2ccccc2c(=O)n1C1CC1. The summed E-state index contributed by atoms with van der Waals surface area (Å²) in [5.74, 6) is 1.50. The van der Waals surface area contributed by atoms with E-state index in [1.807, 2.05) is 75.5 Å². The number of carbonyl (C=O) groups excluding carboxylic acids is 1. The first-order valence-electron chi connectivity index (χ1n) is 11.6. The molecule has 1 fully saturated rings. The van der Waals surface area contributed by atoms with Crippen LogP contribution >= 0.6 is 11.3 Å². The first-order chi connectivity index (χ1) is 16.6. The third-order valence-electron chi connectivity index (χ3n) is 6.19. The monoisotopic (exact) mass is 473 g/mol. The zero-order valence-electron chi connectivity index (χ0n) is 19.1. The van der Waals surface area contributed by atoms with E-state index < -0.39 is 0 Å². The summed E-state index contributed by atoms with van der Waals surface area (Å²) in [7, 11) is 1.65. The van der Waals surface area contributed by atoms with Crippen molar-refractivity contribution in [3.8, 4) is 5.75 Å². The highest BCUT2D eigenvalue weighted by atomic mass is 32.1. The van der Waals surface area contributed by atoms with Gasteiger partial charge in [0.2, 0.25) is 5.91 Å². The Hall–Kier alpha value is -3.45. The summed E-state index contributed by atoms with van der Waals surface area (Å²) in [5, 5.41) is 2.66. The van der Waals surface area contributed by atoms with Gasteiger partial charge in [-0.2, -0.15) is 0 Å². The lowest BCUT2D eigenvalue weighted by Gasteiger charge is -2.24. The summed E-state index contributed by atoms with van der Waals surface area (Å²) >= 11 is 1.64. The van der Waals surface area contributed by atoms with E-state index in [2.05, 4.69) is 0 Å². The van der Waals surface area contributed by atoms with Crippen LogP contribution in [-0.4, -0.2) is 27.5 Å². The number of amides is 1. The highest BCUT2D eigenvalue weighted by Crippen LogP contribution is 2.35. The van der Waals surface area contributed by atoms with Crippen molar-refractivity contribution in [2.75, 3.05) is 7.11 Å². The van der Waals surface area contributed by atoms with Crippen LogP contribution in [0.25, 0.3) is 10.9 Å². The normalized spacial score (nSPS) is 13.2. The van der Waals surface area contributed by atoms with E-state index in [4.69, 9.17) is 9.72 Å². The minimum atomic E-state index is 0.0000116. The third-order valence-corrected chi connectivity index (χ3v) is 7.05. The summed E-state index contributed by atoms with van der Waals surface area (Å²) in [6.07, 6.45) is 2.69. The molecule has 2 aromatic carbocycles. The molecule has 0 atom stereocenters. The molecule has 1 aliphatic carbocycles. The first kappa shape index (κ1) is 22.3. The lowest BCUT2D eigenvalue weighted by molar-refractivity contribution is -0.132. The van der Waals surface area contributed by atoms with Crippen molar-refractivity contribution in [1.29, 1.82) is 0 Å². The Morgan fingerprint density at radius 3 is 2.65 bits per heavy atom. The average molecular weight is 474 g/mol. The zero-order valence-corrected chi connectivity index (χ0v) is 20.0. The quantitative estimate of drug-likeness (QED) is 0.345. The molecule has 2 heterocycles. The topological polar surface area (TPSA) is 64.4 Å². The number of ether oxygens (including phenoxy) is 1. The number of carbonyl (C=O) groups is 1. The Balaban J connectivity index is 1.40. The lowest BCUT2D eigenvalue weighted by Crippen LogP contribution is -2.31. The first-order valence-corrected chi connectivity index (χ1v) is 12.4. The number of para-hydroxylation sites is 2. The van der Waals surface area contributed by atoms with Gasteiger partial charge in [0.25, 0.3) is 5.56 Å². The highest BCUT2D eigenvalue weighted by Gasteiger charge is 2.28. The molecule has 0 spiro atoms. The smallest absolute Gasteiger partial charge is 0.261 e. The molecule has 174 valence electrons. The minimum Gasteiger partial charge on any atom is -0.496 e. The number of nitrogens with zero attached hydrogens (tertiary/aromatic N) is 3. The van der Waals surface area contributed by atoms with Gasteiger partial charge >= 0.3 is 0 Å². The maximum absolute atomic E-state index is 13.5. The molecule has 34 heavy (non-hydrogen) atoms. The van der Waals surface area contributed by atoms with Gasteiger partial charge < -0.3 is 9.64 Å². The Morgan fingerprint density at radius 2 is 1.88 bits per heavy atom. The van der Waals surface area contributed by atoms with Gasteiger partial charge in [-0.3, -0.25) is 14.2 Å². The van der Waals surface area contributed by atoms with Gasteiger partial charge in [0, 0.05) is 35.9 Å². The van der Waals surface area contributed by atoms with E-state index in [1.54, 1.807) is 18.4 Å². The van der Waals surface area contributed by atoms with Crippen molar-refractivity contribution < 1.29 is 9.53 Å². The third kappa shape index (κ3) is 4.75. The summed E-state index contributed by atoms with van der Waals surface area (Å²) in [4.78, 5) is 34.4. The number of aryl methyl sites for hydroxylation is 1. The predicted octanol–water partition coefficient (Wildman–Crippen LogP) is 4.96.